The highest BCUT2D eigenvalue weighted by atomic mass is 35.5. The number of rotatable bonds is 5. The molecule has 5 nitrogen and oxygen atoms in total. The van der Waals surface area contributed by atoms with Gasteiger partial charge in [-0.2, -0.15) is 0 Å². The van der Waals surface area contributed by atoms with Crippen molar-refractivity contribution in [1.82, 2.24) is 4.72 Å². The van der Waals surface area contributed by atoms with Crippen LogP contribution in [-0.2, 0) is 10.0 Å². The fraction of sp³-hybridized carbons (Fsp3) is 0.316. The second kappa shape index (κ2) is 8.37. The molecule has 0 unspecified atom stereocenters. The van der Waals surface area contributed by atoms with Crippen LogP contribution in [0.5, 0.6) is 0 Å². The molecule has 0 spiro atoms. The van der Waals surface area contributed by atoms with Gasteiger partial charge in [0.1, 0.15) is 5.82 Å². The van der Waals surface area contributed by atoms with Crippen molar-refractivity contribution >= 4 is 33.2 Å². The number of halogens is 2. The molecule has 2 N–H and O–H groups in total. The van der Waals surface area contributed by atoms with Crippen LogP contribution in [0.3, 0.4) is 0 Å². The number of hydrogen-bond donors (Lipinski definition) is 2. The molecule has 2 aromatic carbocycles. The van der Waals surface area contributed by atoms with E-state index in [2.05, 4.69) is 10.0 Å². The maximum Gasteiger partial charge on any atom is 0.258 e. The lowest BCUT2D eigenvalue weighted by Crippen LogP contribution is -2.36. The minimum absolute atomic E-state index is 0.127. The smallest absolute Gasteiger partial charge is 0.258 e. The van der Waals surface area contributed by atoms with Gasteiger partial charge in [-0.05, 0) is 49.2 Å². The van der Waals surface area contributed by atoms with E-state index in [4.69, 9.17) is 11.6 Å². The number of sulfonamides is 1. The molecule has 144 valence electrons. The molecule has 8 heteroatoms. The average molecular weight is 411 g/mol. The number of amides is 1. The normalized spacial score (nSPS) is 15.5. The first-order valence-corrected chi connectivity index (χ1v) is 10.6. The van der Waals surface area contributed by atoms with Crippen molar-refractivity contribution in [3.63, 3.8) is 0 Å². The molecule has 0 saturated heterocycles. The van der Waals surface area contributed by atoms with Crippen LogP contribution >= 0.6 is 11.6 Å². The second-order valence-corrected chi connectivity index (χ2v) is 8.71. The number of anilines is 1. The van der Waals surface area contributed by atoms with Gasteiger partial charge in [-0.3, -0.25) is 4.79 Å². The third kappa shape index (κ3) is 5.06. The Bertz CT molecular complexity index is 944. The van der Waals surface area contributed by atoms with Gasteiger partial charge >= 0.3 is 0 Å². The van der Waals surface area contributed by atoms with E-state index in [0.717, 1.165) is 50.3 Å². The van der Waals surface area contributed by atoms with E-state index < -0.39 is 21.7 Å². The fourth-order valence-electron chi connectivity index (χ4n) is 3.12. The molecule has 1 aliphatic carbocycles. The summed E-state index contributed by atoms with van der Waals surface area (Å²) in [6, 6.07) is 9.48. The molecular formula is C19H20ClFN2O3S. The Balaban J connectivity index is 1.81. The summed E-state index contributed by atoms with van der Waals surface area (Å²) in [5.41, 5.74) is 0.0435. The molecule has 0 atom stereocenters. The SMILES string of the molecule is O=C(Nc1cccc(Cl)c1)c1cc(S(=O)(=O)NC2CCCCC2)ccc1F. The molecule has 0 heterocycles. The van der Waals surface area contributed by atoms with Crippen LogP contribution in [0.25, 0.3) is 0 Å². The molecule has 1 saturated carbocycles. The minimum atomic E-state index is -3.83. The highest BCUT2D eigenvalue weighted by Crippen LogP contribution is 2.22. The third-order valence-electron chi connectivity index (χ3n) is 4.50. The number of nitrogens with one attached hydrogen (secondary N) is 2. The quantitative estimate of drug-likeness (QED) is 0.769. The Morgan fingerprint density at radius 1 is 1.07 bits per heavy atom. The van der Waals surface area contributed by atoms with Crippen LogP contribution < -0.4 is 10.0 Å². The van der Waals surface area contributed by atoms with Gasteiger partial charge in [0.2, 0.25) is 10.0 Å². The molecule has 1 fully saturated rings. The zero-order chi connectivity index (χ0) is 19.4. The number of carbonyl (C=O) groups excluding carboxylic acids is 1. The van der Waals surface area contributed by atoms with Crippen LogP contribution in [-0.4, -0.2) is 20.4 Å². The zero-order valence-electron chi connectivity index (χ0n) is 14.5. The summed E-state index contributed by atoms with van der Waals surface area (Å²) in [6.07, 6.45) is 4.61. The molecule has 0 bridgehead atoms. The minimum Gasteiger partial charge on any atom is -0.322 e. The molecule has 1 amide bonds. The number of carbonyl (C=O) groups is 1. The van der Waals surface area contributed by atoms with Crippen molar-refractivity contribution in [2.24, 2.45) is 0 Å². The van der Waals surface area contributed by atoms with E-state index in [1.165, 1.54) is 6.07 Å². The largest absolute Gasteiger partial charge is 0.322 e. The first-order chi connectivity index (χ1) is 12.8. The molecule has 1 aliphatic rings. The molecule has 2 aromatic rings. The summed E-state index contributed by atoms with van der Waals surface area (Å²) >= 11 is 5.87. The van der Waals surface area contributed by atoms with Crippen LogP contribution in [0.2, 0.25) is 5.02 Å². The van der Waals surface area contributed by atoms with Gasteiger partial charge in [-0.25, -0.2) is 17.5 Å². The highest BCUT2D eigenvalue weighted by molar-refractivity contribution is 7.89. The first kappa shape index (κ1) is 19.8. The van der Waals surface area contributed by atoms with Crippen molar-refractivity contribution in [2.45, 2.75) is 43.0 Å². The van der Waals surface area contributed by atoms with Crippen molar-refractivity contribution < 1.29 is 17.6 Å². The summed E-state index contributed by atoms with van der Waals surface area (Å²) < 4.78 is 42.0. The lowest BCUT2D eigenvalue weighted by Gasteiger charge is -2.22. The second-order valence-electron chi connectivity index (χ2n) is 6.56. The van der Waals surface area contributed by atoms with Crippen LogP contribution in [0.4, 0.5) is 10.1 Å². The molecule has 27 heavy (non-hydrogen) atoms. The predicted octanol–water partition coefficient (Wildman–Crippen LogP) is 4.34. The van der Waals surface area contributed by atoms with Crippen LogP contribution in [0.15, 0.2) is 47.4 Å². The summed E-state index contributed by atoms with van der Waals surface area (Å²) in [5, 5.41) is 2.94. The maximum atomic E-state index is 14.1. The third-order valence-corrected chi connectivity index (χ3v) is 6.26. The van der Waals surface area contributed by atoms with E-state index >= 15 is 0 Å². The van der Waals surface area contributed by atoms with E-state index in [9.17, 15) is 17.6 Å². The van der Waals surface area contributed by atoms with Crippen molar-refractivity contribution in [3.8, 4) is 0 Å². The molecule has 0 aromatic heterocycles. The Hall–Kier alpha value is -1.96. The van der Waals surface area contributed by atoms with Gasteiger partial charge in [0.25, 0.3) is 5.91 Å². The molecule has 0 aliphatic heterocycles. The molecule has 0 radical (unpaired) electrons. The van der Waals surface area contributed by atoms with Gasteiger partial charge in [0.15, 0.2) is 0 Å². The summed E-state index contributed by atoms with van der Waals surface area (Å²) in [6.45, 7) is 0. The van der Waals surface area contributed by atoms with E-state index in [-0.39, 0.29) is 16.5 Å². The highest BCUT2D eigenvalue weighted by Gasteiger charge is 2.24. The molecular weight excluding hydrogens is 391 g/mol. The van der Waals surface area contributed by atoms with Crippen LogP contribution in [0.1, 0.15) is 42.5 Å². The van der Waals surface area contributed by atoms with E-state index in [1.807, 2.05) is 0 Å². The van der Waals surface area contributed by atoms with Crippen LogP contribution in [0, 0.1) is 5.82 Å². The average Bonchev–Trinajstić information content (AvgIpc) is 2.62. The Labute approximate surface area is 163 Å². The van der Waals surface area contributed by atoms with E-state index in [1.54, 1.807) is 18.2 Å². The monoisotopic (exact) mass is 410 g/mol. The summed E-state index contributed by atoms with van der Waals surface area (Å²) in [7, 11) is -3.83. The lowest BCUT2D eigenvalue weighted by atomic mass is 9.96. The van der Waals surface area contributed by atoms with Gasteiger partial charge in [-0.1, -0.05) is 36.9 Å². The van der Waals surface area contributed by atoms with Gasteiger partial charge in [0, 0.05) is 16.8 Å². The van der Waals surface area contributed by atoms with Gasteiger partial charge in [-0.15, -0.1) is 0 Å². The van der Waals surface area contributed by atoms with Crippen molar-refractivity contribution in [3.05, 3.63) is 58.9 Å². The first-order valence-electron chi connectivity index (χ1n) is 8.74. The summed E-state index contributed by atoms with van der Waals surface area (Å²) in [4.78, 5) is 12.3. The van der Waals surface area contributed by atoms with Crippen molar-refractivity contribution in [1.29, 1.82) is 0 Å². The van der Waals surface area contributed by atoms with Gasteiger partial charge in [0.05, 0.1) is 10.5 Å². The zero-order valence-corrected chi connectivity index (χ0v) is 16.1. The Morgan fingerprint density at radius 2 is 1.81 bits per heavy atom. The maximum absolute atomic E-state index is 14.1. The predicted molar refractivity (Wildman–Crippen MR) is 103 cm³/mol. The number of hydrogen-bond acceptors (Lipinski definition) is 3. The fourth-order valence-corrected chi connectivity index (χ4v) is 4.64. The van der Waals surface area contributed by atoms with E-state index in [0.29, 0.717) is 10.7 Å². The molecule has 3 rings (SSSR count). The Morgan fingerprint density at radius 3 is 2.52 bits per heavy atom. The van der Waals surface area contributed by atoms with Crippen molar-refractivity contribution in [2.75, 3.05) is 5.32 Å². The summed E-state index contributed by atoms with van der Waals surface area (Å²) in [5.74, 6) is -1.55. The van der Waals surface area contributed by atoms with Gasteiger partial charge < -0.3 is 5.32 Å². The number of benzene rings is 2. The standard InChI is InChI=1S/C19H20ClFN2O3S/c20-13-5-4-8-15(11-13)22-19(24)17-12-16(9-10-18(17)21)27(25,26)23-14-6-2-1-3-7-14/h4-5,8-12,14,23H,1-3,6-7H2,(H,22,24). The lowest BCUT2D eigenvalue weighted by molar-refractivity contribution is 0.102. The topological polar surface area (TPSA) is 75.3 Å². The Kier molecular flexibility index (Phi) is 6.14.